The highest BCUT2D eigenvalue weighted by atomic mass is 35.5. The molecule has 0 saturated carbocycles. The Bertz CT molecular complexity index is 1150. The number of anilines is 1. The van der Waals surface area contributed by atoms with Crippen molar-refractivity contribution in [3.63, 3.8) is 0 Å². The molecule has 0 atom stereocenters. The van der Waals surface area contributed by atoms with Crippen LogP contribution in [-0.4, -0.2) is 20.0 Å². The van der Waals surface area contributed by atoms with Crippen LogP contribution in [0.2, 0.25) is 5.02 Å². The standard InChI is InChI=1S/C19H15ClFN5S/c1-10-3-4-12(7-11(10)2)16-9-27-19(23-16)17-18(22)26(25-24-17)13-5-6-15(21)14(20)8-13/h3-9H,22H2,1-2H3. The lowest BCUT2D eigenvalue weighted by atomic mass is 10.1. The lowest BCUT2D eigenvalue weighted by Crippen LogP contribution is -2.02. The van der Waals surface area contributed by atoms with E-state index in [-0.39, 0.29) is 5.02 Å². The Morgan fingerprint density at radius 3 is 2.67 bits per heavy atom. The van der Waals surface area contributed by atoms with Gasteiger partial charge in [-0.1, -0.05) is 28.9 Å². The van der Waals surface area contributed by atoms with E-state index in [1.165, 1.54) is 39.3 Å². The summed E-state index contributed by atoms with van der Waals surface area (Å²) >= 11 is 7.29. The molecule has 0 fully saturated rings. The molecule has 27 heavy (non-hydrogen) atoms. The smallest absolute Gasteiger partial charge is 0.165 e. The molecule has 136 valence electrons. The number of aryl methyl sites for hydroxylation is 2. The maximum Gasteiger partial charge on any atom is 0.165 e. The van der Waals surface area contributed by atoms with E-state index in [2.05, 4.69) is 41.3 Å². The third kappa shape index (κ3) is 3.20. The summed E-state index contributed by atoms with van der Waals surface area (Å²) in [4.78, 5) is 4.66. The Kier molecular flexibility index (Phi) is 4.41. The van der Waals surface area contributed by atoms with Gasteiger partial charge in [0, 0.05) is 10.9 Å². The van der Waals surface area contributed by atoms with E-state index < -0.39 is 5.82 Å². The lowest BCUT2D eigenvalue weighted by Gasteiger charge is -2.04. The van der Waals surface area contributed by atoms with E-state index in [4.69, 9.17) is 17.3 Å². The van der Waals surface area contributed by atoms with E-state index in [1.54, 1.807) is 6.07 Å². The van der Waals surface area contributed by atoms with Gasteiger partial charge in [-0.25, -0.2) is 9.37 Å². The first-order valence-corrected chi connectivity index (χ1v) is 9.40. The zero-order chi connectivity index (χ0) is 19.1. The van der Waals surface area contributed by atoms with Crippen LogP contribution >= 0.6 is 22.9 Å². The predicted octanol–water partition coefficient (Wildman–Crippen LogP) is 5.05. The Morgan fingerprint density at radius 1 is 1.11 bits per heavy atom. The molecule has 0 aliphatic rings. The third-order valence-electron chi connectivity index (χ3n) is 4.36. The zero-order valence-electron chi connectivity index (χ0n) is 14.6. The predicted molar refractivity (Wildman–Crippen MR) is 107 cm³/mol. The van der Waals surface area contributed by atoms with Gasteiger partial charge in [-0.15, -0.1) is 16.4 Å². The SMILES string of the molecule is Cc1ccc(-c2csc(-c3nnn(-c4ccc(F)c(Cl)c4)c3N)n2)cc1C. The molecule has 2 heterocycles. The maximum atomic E-state index is 13.4. The fraction of sp³-hybridized carbons (Fsp3) is 0.105. The van der Waals surface area contributed by atoms with Crippen LogP contribution in [0.25, 0.3) is 27.6 Å². The van der Waals surface area contributed by atoms with Crippen molar-refractivity contribution in [3.05, 3.63) is 63.7 Å². The first-order valence-electron chi connectivity index (χ1n) is 8.14. The topological polar surface area (TPSA) is 69.6 Å². The highest BCUT2D eigenvalue weighted by Crippen LogP contribution is 2.32. The van der Waals surface area contributed by atoms with Crippen LogP contribution in [0, 0.1) is 19.7 Å². The van der Waals surface area contributed by atoms with Gasteiger partial charge in [0.1, 0.15) is 10.8 Å². The number of rotatable bonds is 3. The number of thiazole rings is 1. The Labute approximate surface area is 164 Å². The number of halogens is 2. The summed E-state index contributed by atoms with van der Waals surface area (Å²) in [6, 6.07) is 10.5. The summed E-state index contributed by atoms with van der Waals surface area (Å²) < 4.78 is 14.8. The molecule has 0 aliphatic carbocycles. The highest BCUT2D eigenvalue weighted by Gasteiger charge is 2.17. The minimum atomic E-state index is -0.503. The fourth-order valence-corrected chi connectivity index (χ4v) is 3.66. The van der Waals surface area contributed by atoms with Crippen LogP contribution in [0.4, 0.5) is 10.2 Å². The molecule has 0 aliphatic heterocycles. The van der Waals surface area contributed by atoms with Crippen molar-refractivity contribution in [1.82, 2.24) is 20.0 Å². The van der Waals surface area contributed by atoms with Gasteiger partial charge >= 0.3 is 0 Å². The van der Waals surface area contributed by atoms with E-state index in [0.29, 0.717) is 22.2 Å². The quantitative estimate of drug-likeness (QED) is 0.523. The van der Waals surface area contributed by atoms with E-state index in [1.807, 2.05) is 11.4 Å². The minimum absolute atomic E-state index is 0.00442. The van der Waals surface area contributed by atoms with Crippen molar-refractivity contribution in [3.8, 4) is 27.6 Å². The monoisotopic (exact) mass is 399 g/mol. The summed E-state index contributed by atoms with van der Waals surface area (Å²) in [6.45, 7) is 4.15. The molecular formula is C19H15ClFN5S. The number of nitrogens with two attached hydrogens (primary N) is 1. The molecule has 2 aromatic heterocycles. The molecule has 4 aromatic rings. The molecule has 0 bridgehead atoms. The number of hydrogen-bond donors (Lipinski definition) is 1. The summed E-state index contributed by atoms with van der Waals surface area (Å²) in [5.41, 5.74) is 11.6. The van der Waals surface area contributed by atoms with Gasteiger partial charge in [-0.3, -0.25) is 0 Å². The maximum absolute atomic E-state index is 13.4. The van der Waals surface area contributed by atoms with Crippen LogP contribution in [0.5, 0.6) is 0 Å². The second kappa shape index (κ2) is 6.75. The van der Waals surface area contributed by atoms with E-state index in [9.17, 15) is 4.39 Å². The first kappa shape index (κ1) is 17.6. The number of nitrogen functional groups attached to an aromatic ring is 1. The van der Waals surface area contributed by atoms with Gasteiger partial charge in [0.2, 0.25) is 0 Å². The highest BCUT2D eigenvalue weighted by molar-refractivity contribution is 7.13. The van der Waals surface area contributed by atoms with Crippen LogP contribution in [0.15, 0.2) is 41.8 Å². The van der Waals surface area contributed by atoms with E-state index >= 15 is 0 Å². The largest absolute Gasteiger partial charge is 0.382 e. The number of nitrogens with zero attached hydrogens (tertiary/aromatic N) is 4. The van der Waals surface area contributed by atoms with Crippen molar-refractivity contribution >= 4 is 28.8 Å². The molecule has 2 N–H and O–H groups in total. The van der Waals surface area contributed by atoms with E-state index in [0.717, 1.165) is 11.3 Å². The van der Waals surface area contributed by atoms with Gasteiger partial charge in [-0.2, -0.15) is 4.68 Å². The normalized spacial score (nSPS) is 11.1. The van der Waals surface area contributed by atoms with Gasteiger partial charge in [-0.05, 0) is 49.2 Å². The molecule has 2 aromatic carbocycles. The van der Waals surface area contributed by atoms with Gasteiger partial charge < -0.3 is 5.73 Å². The molecule has 5 nitrogen and oxygen atoms in total. The van der Waals surface area contributed by atoms with Crippen LogP contribution in [-0.2, 0) is 0 Å². The van der Waals surface area contributed by atoms with Gasteiger partial charge in [0.15, 0.2) is 11.5 Å². The zero-order valence-corrected chi connectivity index (χ0v) is 16.1. The molecule has 0 amide bonds. The van der Waals surface area contributed by atoms with Crippen LogP contribution in [0.3, 0.4) is 0 Å². The average Bonchev–Trinajstić information content (AvgIpc) is 3.26. The fourth-order valence-electron chi connectivity index (χ4n) is 2.66. The second-order valence-electron chi connectivity index (χ2n) is 6.17. The second-order valence-corrected chi connectivity index (χ2v) is 7.44. The van der Waals surface area contributed by atoms with Crippen LogP contribution < -0.4 is 5.73 Å². The van der Waals surface area contributed by atoms with Gasteiger partial charge in [0.25, 0.3) is 0 Å². The van der Waals surface area contributed by atoms with Crippen LogP contribution in [0.1, 0.15) is 11.1 Å². The summed E-state index contributed by atoms with van der Waals surface area (Å²) in [5, 5.41) is 10.8. The minimum Gasteiger partial charge on any atom is -0.382 e. The number of aromatic nitrogens is 4. The summed E-state index contributed by atoms with van der Waals surface area (Å²) in [7, 11) is 0. The number of hydrogen-bond acceptors (Lipinski definition) is 5. The molecule has 8 heteroatoms. The Hall–Kier alpha value is -2.77. The molecular weight excluding hydrogens is 385 g/mol. The molecule has 0 unspecified atom stereocenters. The molecule has 4 rings (SSSR count). The molecule has 0 saturated heterocycles. The Balaban J connectivity index is 1.71. The van der Waals surface area contributed by atoms with Crippen molar-refractivity contribution in [1.29, 1.82) is 0 Å². The lowest BCUT2D eigenvalue weighted by molar-refractivity contribution is 0.627. The third-order valence-corrected chi connectivity index (χ3v) is 5.50. The van der Waals surface area contributed by atoms with Crippen molar-refractivity contribution in [2.24, 2.45) is 0 Å². The van der Waals surface area contributed by atoms with Crippen molar-refractivity contribution in [2.45, 2.75) is 13.8 Å². The molecule has 0 radical (unpaired) electrons. The molecule has 0 spiro atoms. The average molecular weight is 400 g/mol. The number of benzene rings is 2. The van der Waals surface area contributed by atoms with Crippen molar-refractivity contribution in [2.75, 3.05) is 5.73 Å². The summed E-state index contributed by atoms with van der Waals surface area (Å²) in [6.07, 6.45) is 0. The van der Waals surface area contributed by atoms with Gasteiger partial charge in [0.05, 0.1) is 16.4 Å². The Morgan fingerprint density at radius 2 is 1.93 bits per heavy atom. The van der Waals surface area contributed by atoms with Crippen molar-refractivity contribution < 1.29 is 4.39 Å². The first-order chi connectivity index (χ1) is 12.9. The summed E-state index contributed by atoms with van der Waals surface area (Å²) in [5.74, 6) is -0.184.